The molecule has 0 bridgehead atoms. The number of methoxy groups -OCH3 is 1. The summed E-state index contributed by atoms with van der Waals surface area (Å²) < 4.78 is 5.18. The minimum absolute atomic E-state index is 0.0481. The van der Waals surface area contributed by atoms with Crippen molar-refractivity contribution in [3.05, 3.63) is 64.2 Å². The van der Waals surface area contributed by atoms with Crippen LogP contribution in [0.4, 0.5) is 11.4 Å². The zero-order chi connectivity index (χ0) is 18.5. The number of ketones is 1. The van der Waals surface area contributed by atoms with Crippen molar-refractivity contribution >= 4 is 17.2 Å². The van der Waals surface area contributed by atoms with Gasteiger partial charge in [-0.15, -0.1) is 0 Å². The normalized spacial score (nSPS) is 18.2. The van der Waals surface area contributed by atoms with E-state index in [1.165, 1.54) is 12.1 Å². The quantitative estimate of drug-likeness (QED) is 0.609. The van der Waals surface area contributed by atoms with Crippen molar-refractivity contribution in [2.24, 2.45) is 5.92 Å². The van der Waals surface area contributed by atoms with E-state index in [9.17, 15) is 14.9 Å². The maximum Gasteiger partial charge on any atom is 0.269 e. The van der Waals surface area contributed by atoms with E-state index in [1.807, 2.05) is 24.3 Å². The SMILES string of the molecule is COc1ccc(N[C@@H](c2ccc([N+](=O)[O-])cc2)[C@@H]2CCCCC2=O)cc1. The number of hydrogen-bond donors (Lipinski definition) is 1. The van der Waals surface area contributed by atoms with Gasteiger partial charge in [0.1, 0.15) is 11.5 Å². The van der Waals surface area contributed by atoms with Gasteiger partial charge in [-0.05, 0) is 42.7 Å². The van der Waals surface area contributed by atoms with E-state index >= 15 is 0 Å². The van der Waals surface area contributed by atoms with Crippen LogP contribution in [0.5, 0.6) is 5.75 Å². The van der Waals surface area contributed by atoms with Crippen LogP contribution >= 0.6 is 0 Å². The van der Waals surface area contributed by atoms with Gasteiger partial charge in [-0.2, -0.15) is 0 Å². The smallest absolute Gasteiger partial charge is 0.269 e. The number of nitro benzene ring substituents is 1. The molecule has 0 spiro atoms. The van der Waals surface area contributed by atoms with Crippen LogP contribution in [-0.2, 0) is 4.79 Å². The topological polar surface area (TPSA) is 81.5 Å². The number of nitrogens with one attached hydrogen (secondary N) is 1. The highest BCUT2D eigenvalue weighted by Crippen LogP contribution is 2.35. The lowest BCUT2D eigenvalue weighted by Gasteiger charge is -2.31. The molecule has 0 aromatic heterocycles. The van der Waals surface area contributed by atoms with Gasteiger partial charge in [0.05, 0.1) is 18.1 Å². The number of non-ortho nitro benzene ring substituents is 1. The summed E-state index contributed by atoms with van der Waals surface area (Å²) in [5.74, 6) is 0.879. The average molecular weight is 354 g/mol. The third kappa shape index (κ3) is 4.02. The molecule has 3 rings (SSSR count). The Morgan fingerprint density at radius 1 is 1.12 bits per heavy atom. The highest BCUT2D eigenvalue weighted by molar-refractivity contribution is 5.83. The van der Waals surface area contributed by atoms with Gasteiger partial charge in [-0.3, -0.25) is 14.9 Å². The molecule has 0 amide bonds. The Morgan fingerprint density at radius 2 is 1.81 bits per heavy atom. The van der Waals surface area contributed by atoms with E-state index in [4.69, 9.17) is 4.74 Å². The number of nitro groups is 1. The van der Waals surface area contributed by atoms with Crippen molar-refractivity contribution in [2.45, 2.75) is 31.7 Å². The Morgan fingerprint density at radius 3 is 2.38 bits per heavy atom. The molecule has 1 saturated carbocycles. The summed E-state index contributed by atoms with van der Waals surface area (Å²) in [6.07, 6.45) is 3.37. The number of anilines is 1. The maximum atomic E-state index is 12.5. The summed E-state index contributed by atoms with van der Waals surface area (Å²) in [5.41, 5.74) is 1.81. The van der Waals surface area contributed by atoms with E-state index in [2.05, 4.69) is 5.32 Å². The van der Waals surface area contributed by atoms with Crippen LogP contribution in [0.25, 0.3) is 0 Å². The second-order valence-corrected chi connectivity index (χ2v) is 6.52. The molecule has 0 unspecified atom stereocenters. The van der Waals surface area contributed by atoms with Crippen LogP contribution in [0.1, 0.15) is 37.3 Å². The standard InChI is InChI=1S/C20H22N2O4/c1-26-17-12-8-15(9-13-17)21-20(18-4-2-3-5-19(18)23)14-6-10-16(11-7-14)22(24)25/h6-13,18,20-21H,2-5H2,1H3/t18-,20+/m1/s1. The van der Waals surface area contributed by atoms with Gasteiger partial charge in [0.2, 0.25) is 0 Å². The van der Waals surface area contributed by atoms with Crippen LogP contribution in [-0.4, -0.2) is 17.8 Å². The predicted molar refractivity (Wildman–Crippen MR) is 99.4 cm³/mol. The third-order valence-electron chi connectivity index (χ3n) is 4.88. The second-order valence-electron chi connectivity index (χ2n) is 6.52. The summed E-state index contributed by atoms with van der Waals surface area (Å²) in [5, 5.41) is 14.4. The van der Waals surface area contributed by atoms with Crippen LogP contribution in [0, 0.1) is 16.0 Å². The molecule has 2 aromatic carbocycles. The maximum absolute atomic E-state index is 12.5. The van der Waals surface area contributed by atoms with Crippen molar-refractivity contribution in [3.8, 4) is 5.75 Å². The first kappa shape index (κ1) is 17.9. The Bertz CT molecular complexity index is 771. The average Bonchev–Trinajstić information content (AvgIpc) is 2.67. The minimum Gasteiger partial charge on any atom is -0.497 e. The largest absolute Gasteiger partial charge is 0.497 e. The Kier molecular flexibility index (Phi) is 5.51. The molecule has 0 radical (unpaired) electrons. The van der Waals surface area contributed by atoms with Crippen molar-refractivity contribution in [3.63, 3.8) is 0 Å². The summed E-state index contributed by atoms with van der Waals surface area (Å²) in [7, 11) is 1.61. The van der Waals surface area contributed by atoms with Crippen molar-refractivity contribution in [1.82, 2.24) is 0 Å². The molecule has 0 aliphatic heterocycles. The Hall–Kier alpha value is -2.89. The fourth-order valence-electron chi connectivity index (χ4n) is 3.45. The lowest BCUT2D eigenvalue weighted by Crippen LogP contribution is -2.30. The number of benzene rings is 2. The fourth-order valence-corrected chi connectivity index (χ4v) is 3.45. The third-order valence-corrected chi connectivity index (χ3v) is 4.88. The predicted octanol–water partition coefficient (Wildman–Crippen LogP) is 4.52. The van der Waals surface area contributed by atoms with Crippen LogP contribution < -0.4 is 10.1 Å². The molecule has 1 fully saturated rings. The Balaban J connectivity index is 1.89. The number of hydrogen-bond acceptors (Lipinski definition) is 5. The molecule has 6 nitrogen and oxygen atoms in total. The highest BCUT2D eigenvalue weighted by Gasteiger charge is 2.31. The molecule has 2 aromatic rings. The first-order chi connectivity index (χ1) is 12.6. The van der Waals surface area contributed by atoms with Gasteiger partial charge >= 0.3 is 0 Å². The molecule has 26 heavy (non-hydrogen) atoms. The van der Waals surface area contributed by atoms with Gasteiger partial charge in [0.25, 0.3) is 5.69 Å². The van der Waals surface area contributed by atoms with Crippen LogP contribution in [0.3, 0.4) is 0 Å². The van der Waals surface area contributed by atoms with Gasteiger partial charge in [-0.1, -0.05) is 18.6 Å². The molecule has 2 atom stereocenters. The molecule has 1 N–H and O–H groups in total. The van der Waals surface area contributed by atoms with Gasteiger partial charge in [-0.25, -0.2) is 0 Å². The molecule has 6 heteroatoms. The van der Waals surface area contributed by atoms with E-state index in [0.717, 1.165) is 36.3 Å². The summed E-state index contributed by atoms with van der Waals surface area (Å²) in [6.45, 7) is 0. The van der Waals surface area contributed by atoms with Gasteiger partial charge in [0, 0.05) is 30.2 Å². The van der Waals surface area contributed by atoms with Gasteiger partial charge < -0.3 is 10.1 Å². The van der Waals surface area contributed by atoms with E-state index in [0.29, 0.717) is 6.42 Å². The number of ether oxygens (including phenoxy) is 1. The van der Waals surface area contributed by atoms with Gasteiger partial charge in [0.15, 0.2) is 0 Å². The monoisotopic (exact) mass is 354 g/mol. The number of nitrogens with zero attached hydrogens (tertiary/aromatic N) is 1. The number of rotatable bonds is 6. The van der Waals surface area contributed by atoms with E-state index in [1.54, 1.807) is 19.2 Å². The molecule has 0 saturated heterocycles. The zero-order valence-corrected chi connectivity index (χ0v) is 14.7. The van der Waals surface area contributed by atoms with Crippen molar-refractivity contribution in [1.29, 1.82) is 0 Å². The molecule has 136 valence electrons. The zero-order valence-electron chi connectivity index (χ0n) is 14.7. The first-order valence-corrected chi connectivity index (χ1v) is 8.76. The number of Topliss-reactive ketones (excluding diaryl/α,β-unsaturated/α-hetero) is 1. The van der Waals surface area contributed by atoms with Crippen LogP contribution in [0.2, 0.25) is 0 Å². The summed E-state index contributed by atoms with van der Waals surface area (Å²) >= 11 is 0. The van der Waals surface area contributed by atoms with Crippen molar-refractivity contribution in [2.75, 3.05) is 12.4 Å². The lowest BCUT2D eigenvalue weighted by molar-refractivity contribution is -0.384. The Labute approximate surface area is 152 Å². The molecule has 0 heterocycles. The minimum atomic E-state index is -0.415. The molecule has 1 aliphatic carbocycles. The first-order valence-electron chi connectivity index (χ1n) is 8.76. The molecular formula is C20H22N2O4. The molecule has 1 aliphatic rings. The lowest BCUT2D eigenvalue weighted by atomic mass is 9.80. The number of carbonyl (C=O) groups is 1. The number of carbonyl (C=O) groups excluding carboxylic acids is 1. The summed E-state index contributed by atoms with van der Waals surface area (Å²) in [6, 6.07) is 13.8. The summed E-state index contributed by atoms with van der Waals surface area (Å²) in [4.78, 5) is 23.0. The van der Waals surface area contributed by atoms with Crippen molar-refractivity contribution < 1.29 is 14.5 Å². The molecular weight excluding hydrogens is 332 g/mol. The van der Waals surface area contributed by atoms with Crippen LogP contribution in [0.15, 0.2) is 48.5 Å². The second kappa shape index (κ2) is 7.99. The van der Waals surface area contributed by atoms with E-state index < -0.39 is 4.92 Å². The van der Waals surface area contributed by atoms with E-state index in [-0.39, 0.29) is 23.4 Å². The fraction of sp³-hybridized carbons (Fsp3) is 0.350. The highest BCUT2D eigenvalue weighted by atomic mass is 16.6.